The smallest absolute Gasteiger partial charge is 0.320 e. The van der Waals surface area contributed by atoms with Crippen molar-refractivity contribution in [1.29, 1.82) is 0 Å². The predicted octanol–water partition coefficient (Wildman–Crippen LogP) is 1.79. The van der Waals surface area contributed by atoms with Crippen LogP contribution < -0.4 is 5.73 Å². The first-order valence-electron chi connectivity index (χ1n) is 5.21. The quantitative estimate of drug-likeness (QED) is 0.875. The van der Waals surface area contributed by atoms with E-state index in [1.807, 2.05) is 36.0 Å². The Labute approximate surface area is 104 Å². The lowest BCUT2D eigenvalue weighted by atomic mass is 10.1. The molecule has 0 aliphatic carbocycles. The van der Waals surface area contributed by atoms with Gasteiger partial charge in [0.2, 0.25) is 0 Å². The van der Waals surface area contributed by atoms with Crippen LogP contribution in [-0.4, -0.2) is 21.7 Å². The summed E-state index contributed by atoms with van der Waals surface area (Å²) in [6, 6.07) is 4.80. The maximum Gasteiger partial charge on any atom is 0.320 e. The van der Waals surface area contributed by atoms with Crippen molar-refractivity contribution in [2.75, 3.05) is 0 Å². The molecule has 0 amide bonds. The zero-order valence-electron chi connectivity index (χ0n) is 9.35. The number of fused-ring (bicyclic) bond motifs is 1. The molecule has 1 atom stereocenters. The first kappa shape index (κ1) is 12.0. The molecular weight excluding hydrogens is 240 g/mol. The second-order valence-electron chi connectivity index (χ2n) is 4.09. The Balaban J connectivity index is 2.38. The lowest BCUT2D eigenvalue weighted by Crippen LogP contribution is -2.32. The molecule has 2 aromatic rings. The van der Waals surface area contributed by atoms with Gasteiger partial charge in [-0.25, -0.2) is 0 Å². The van der Waals surface area contributed by atoms with Crippen molar-refractivity contribution in [3.8, 4) is 0 Å². The molecule has 0 radical (unpaired) electrons. The molecule has 0 aliphatic rings. The Kier molecular flexibility index (Phi) is 3.09. The van der Waals surface area contributed by atoms with Crippen LogP contribution in [0.15, 0.2) is 24.4 Å². The molecule has 90 valence electrons. The summed E-state index contributed by atoms with van der Waals surface area (Å²) in [7, 11) is 1.90. The molecule has 0 fully saturated rings. The molecule has 0 aliphatic heterocycles. The highest BCUT2D eigenvalue weighted by atomic mass is 35.5. The minimum Gasteiger partial charge on any atom is -0.480 e. The summed E-state index contributed by atoms with van der Waals surface area (Å²) < 4.78 is 1.91. The van der Waals surface area contributed by atoms with Gasteiger partial charge in [-0.15, -0.1) is 0 Å². The number of hydrogen-bond acceptors (Lipinski definition) is 2. The van der Waals surface area contributed by atoms with Crippen LogP contribution in [-0.2, 0) is 18.3 Å². The minimum absolute atomic E-state index is 0.314. The number of aryl methyl sites for hydroxylation is 1. The van der Waals surface area contributed by atoms with Gasteiger partial charge in [0, 0.05) is 24.1 Å². The number of halogens is 1. The van der Waals surface area contributed by atoms with Gasteiger partial charge in [0.25, 0.3) is 0 Å². The van der Waals surface area contributed by atoms with Crippen molar-refractivity contribution >= 4 is 28.5 Å². The third-order valence-electron chi connectivity index (χ3n) is 2.78. The molecule has 1 unspecified atom stereocenters. The fourth-order valence-corrected chi connectivity index (χ4v) is 2.15. The lowest BCUT2D eigenvalue weighted by Gasteiger charge is -2.07. The number of carboxylic acids is 1. The number of aliphatic carboxylic acids is 1. The number of benzene rings is 1. The summed E-state index contributed by atoms with van der Waals surface area (Å²) in [5.74, 6) is -0.991. The standard InChI is InChI=1S/C12H13ClN2O2/c1-15-6-9(13)8-3-2-7(5-11(8)15)4-10(14)12(16)17/h2-3,5-6,10H,4,14H2,1H3,(H,16,17). The Hall–Kier alpha value is -1.52. The van der Waals surface area contributed by atoms with Gasteiger partial charge in [-0.05, 0) is 18.1 Å². The number of hydrogen-bond donors (Lipinski definition) is 2. The van der Waals surface area contributed by atoms with E-state index in [1.165, 1.54) is 0 Å². The van der Waals surface area contributed by atoms with E-state index in [4.69, 9.17) is 22.4 Å². The van der Waals surface area contributed by atoms with Gasteiger partial charge >= 0.3 is 5.97 Å². The molecule has 1 aromatic heterocycles. The van der Waals surface area contributed by atoms with Crippen LogP contribution in [0.2, 0.25) is 5.02 Å². The first-order chi connectivity index (χ1) is 7.99. The minimum atomic E-state index is -0.991. The van der Waals surface area contributed by atoms with E-state index in [2.05, 4.69) is 0 Å². The highest BCUT2D eigenvalue weighted by Crippen LogP contribution is 2.26. The Bertz CT molecular complexity index is 577. The largest absolute Gasteiger partial charge is 0.480 e. The van der Waals surface area contributed by atoms with E-state index < -0.39 is 12.0 Å². The monoisotopic (exact) mass is 252 g/mol. The average molecular weight is 253 g/mol. The van der Waals surface area contributed by atoms with Crippen LogP contribution in [0.5, 0.6) is 0 Å². The molecule has 17 heavy (non-hydrogen) atoms. The van der Waals surface area contributed by atoms with Crippen molar-refractivity contribution in [1.82, 2.24) is 4.57 Å². The molecule has 0 saturated heterocycles. The number of carboxylic acid groups (broad SMARTS) is 1. The zero-order valence-corrected chi connectivity index (χ0v) is 10.1. The number of nitrogens with two attached hydrogens (primary N) is 1. The number of nitrogens with zero attached hydrogens (tertiary/aromatic N) is 1. The van der Waals surface area contributed by atoms with Crippen LogP contribution in [0.1, 0.15) is 5.56 Å². The maximum atomic E-state index is 10.7. The molecule has 1 heterocycles. The van der Waals surface area contributed by atoms with E-state index in [-0.39, 0.29) is 0 Å². The van der Waals surface area contributed by atoms with Crippen LogP contribution in [0.3, 0.4) is 0 Å². The van der Waals surface area contributed by atoms with Crippen LogP contribution in [0.4, 0.5) is 0 Å². The highest BCUT2D eigenvalue weighted by Gasteiger charge is 2.13. The van der Waals surface area contributed by atoms with Gasteiger partial charge in [-0.1, -0.05) is 23.7 Å². The highest BCUT2D eigenvalue weighted by molar-refractivity contribution is 6.35. The molecule has 5 heteroatoms. The summed E-state index contributed by atoms with van der Waals surface area (Å²) in [6.07, 6.45) is 2.14. The Morgan fingerprint density at radius 3 is 2.94 bits per heavy atom. The SMILES string of the molecule is Cn1cc(Cl)c2ccc(CC(N)C(=O)O)cc21. The summed E-state index contributed by atoms with van der Waals surface area (Å²) in [5.41, 5.74) is 7.37. The van der Waals surface area contributed by atoms with E-state index in [0.717, 1.165) is 16.5 Å². The topological polar surface area (TPSA) is 68.2 Å². The number of aromatic nitrogens is 1. The maximum absolute atomic E-state index is 10.7. The van der Waals surface area contributed by atoms with Gasteiger partial charge in [-0.2, -0.15) is 0 Å². The molecule has 0 spiro atoms. The fourth-order valence-electron chi connectivity index (χ4n) is 1.85. The Morgan fingerprint density at radius 2 is 2.29 bits per heavy atom. The normalized spacial score (nSPS) is 12.9. The van der Waals surface area contributed by atoms with Crippen LogP contribution >= 0.6 is 11.6 Å². The Morgan fingerprint density at radius 1 is 1.59 bits per heavy atom. The number of rotatable bonds is 3. The lowest BCUT2D eigenvalue weighted by molar-refractivity contribution is -0.138. The summed E-state index contributed by atoms with van der Waals surface area (Å²) in [6.45, 7) is 0. The second kappa shape index (κ2) is 4.39. The first-order valence-corrected chi connectivity index (χ1v) is 5.58. The van der Waals surface area contributed by atoms with Crippen molar-refractivity contribution in [2.45, 2.75) is 12.5 Å². The van der Waals surface area contributed by atoms with Gasteiger partial charge in [-0.3, -0.25) is 4.79 Å². The van der Waals surface area contributed by atoms with Crippen molar-refractivity contribution in [3.05, 3.63) is 35.0 Å². The third-order valence-corrected chi connectivity index (χ3v) is 3.08. The van der Waals surface area contributed by atoms with Gasteiger partial charge in [0.05, 0.1) is 5.02 Å². The zero-order chi connectivity index (χ0) is 12.6. The number of carbonyl (C=O) groups is 1. The summed E-state index contributed by atoms with van der Waals surface area (Å²) in [4.78, 5) is 10.7. The average Bonchev–Trinajstić information content (AvgIpc) is 2.54. The van der Waals surface area contributed by atoms with Crippen molar-refractivity contribution in [2.24, 2.45) is 12.8 Å². The molecule has 2 rings (SSSR count). The molecule has 3 N–H and O–H groups in total. The second-order valence-corrected chi connectivity index (χ2v) is 4.50. The molecule has 0 bridgehead atoms. The van der Waals surface area contributed by atoms with Crippen LogP contribution in [0.25, 0.3) is 10.9 Å². The molecule has 1 aromatic carbocycles. The van der Waals surface area contributed by atoms with Crippen LogP contribution in [0, 0.1) is 0 Å². The van der Waals surface area contributed by atoms with Gasteiger partial charge < -0.3 is 15.4 Å². The van der Waals surface area contributed by atoms with Gasteiger partial charge in [0.1, 0.15) is 6.04 Å². The van der Waals surface area contributed by atoms with Crippen molar-refractivity contribution < 1.29 is 9.90 Å². The van der Waals surface area contributed by atoms with Gasteiger partial charge in [0.15, 0.2) is 0 Å². The summed E-state index contributed by atoms with van der Waals surface area (Å²) >= 11 is 6.05. The van der Waals surface area contributed by atoms with E-state index in [0.29, 0.717) is 11.4 Å². The fraction of sp³-hybridized carbons (Fsp3) is 0.250. The van der Waals surface area contributed by atoms with E-state index in [1.54, 1.807) is 0 Å². The van der Waals surface area contributed by atoms with E-state index >= 15 is 0 Å². The molecule has 4 nitrogen and oxygen atoms in total. The van der Waals surface area contributed by atoms with E-state index in [9.17, 15) is 4.79 Å². The molecular formula is C12H13ClN2O2. The predicted molar refractivity (Wildman–Crippen MR) is 67.2 cm³/mol. The third kappa shape index (κ3) is 2.28. The summed E-state index contributed by atoms with van der Waals surface area (Å²) in [5, 5.41) is 10.4. The molecule has 0 saturated carbocycles. The van der Waals surface area contributed by atoms with Crippen molar-refractivity contribution in [3.63, 3.8) is 0 Å².